The quantitative estimate of drug-likeness (QED) is 0.767. The van der Waals surface area contributed by atoms with Gasteiger partial charge in [0.15, 0.2) is 0 Å². The highest BCUT2D eigenvalue weighted by atomic mass is 16.5. The van der Waals surface area contributed by atoms with E-state index in [4.69, 9.17) is 4.52 Å². The highest BCUT2D eigenvalue weighted by Crippen LogP contribution is 2.41. The first-order valence-corrected chi connectivity index (χ1v) is 6.33. The molecule has 6 heteroatoms. The van der Waals surface area contributed by atoms with E-state index >= 15 is 0 Å². The Morgan fingerprint density at radius 2 is 2.25 bits per heavy atom. The first-order chi connectivity index (χ1) is 9.73. The van der Waals surface area contributed by atoms with Gasteiger partial charge in [-0.1, -0.05) is 23.4 Å². The number of hydrogen-bond donors (Lipinski definition) is 1. The zero-order valence-corrected chi connectivity index (χ0v) is 10.5. The van der Waals surface area contributed by atoms with Crippen LogP contribution in [0.2, 0.25) is 0 Å². The van der Waals surface area contributed by atoms with Crippen LogP contribution in [0.15, 0.2) is 41.2 Å². The number of hydrogen-bond acceptors (Lipinski definition) is 4. The lowest BCUT2D eigenvalue weighted by Crippen LogP contribution is -2.41. The van der Waals surface area contributed by atoms with Crippen LogP contribution < -0.4 is 0 Å². The average molecular weight is 269 g/mol. The summed E-state index contributed by atoms with van der Waals surface area (Å²) in [5.41, 5.74) is 0.594. The van der Waals surface area contributed by atoms with Gasteiger partial charge in [-0.3, -0.25) is 0 Å². The Kier molecular flexibility index (Phi) is 2.07. The van der Waals surface area contributed by atoms with E-state index in [0.717, 1.165) is 16.6 Å². The molecule has 20 heavy (non-hydrogen) atoms. The summed E-state index contributed by atoms with van der Waals surface area (Å²) < 4.78 is 6.60. The van der Waals surface area contributed by atoms with Crippen LogP contribution in [0.1, 0.15) is 17.9 Å². The number of carbonyl (C=O) groups is 1. The second kappa shape index (κ2) is 3.69. The van der Waals surface area contributed by atoms with Gasteiger partial charge in [-0.25, -0.2) is 4.79 Å². The predicted molar refractivity (Wildman–Crippen MR) is 69.3 cm³/mol. The molecule has 100 valence electrons. The van der Waals surface area contributed by atoms with Crippen molar-refractivity contribution in [1.82, 2.24) is 14.7 Å². The normalized spacial score (nSPS) is 21.2. The largest absolute Gasteiger partial charge is 0.479 e. The monoisotopic (exact) mass is 269 g/mol. The van der Waals surface area contributed by atoms with Gasteiger partial charge in [0.25, 0.3) is 0 Å². The molecule has 0 saturated carbocycles. The molecule has 3 heterocycles. The average Bonchev–Trinajstić information content (AvgIpc) is 3.13. The third-order valence-electron chi connectivity index (χ3n) is 4.00. The van der Waals surface area contributed by atoms with Gasteiger partial charge in [0.1, 0.15) is 0 Å². The molecule has 3 aromatic rings. The molecule has 1 N–H and O–H groups in total. The van der Waals surface area contributed by atoms with Crippen LogP contribution in [-0.2, 0) is 16.8 Å². The third kappa shape index (κ3) is 1.20. The van der Waals surface area contributed by atoms with Gasteiger partial charge in [0.05, 0.1) is 0 Å². The molecule has 1 aliphatic heterocycles. The Hall–Kier alpha value is -2.63. The van der Waals surface area contributed by atoms with Crippen LogP contribution >= 0.6 is 0 Å². The second-order valence-corrected chi connectivity index (χ2v) is 4.95. The number of fused-ring (bicyclic) bond motifs is 3. The molecule has 0 saturated heterocycles. The van der Waals surface area contributed by atoms with Gasteiger partial charge in [0.2, 0.25) is 17.8 Å². The third-order valence-corrected chi connectivity index (χ3v) is 4.00. The van der Waals surface area contributed by atoms with Crippen molar-refractivity contribution in [3.05, 3.63) is 48.2 Å². The van der Waals surface area contributed by atoms with Gasteiger partial charge in [-0.05, 0) is 30.4 Å². The molecule has 1 unspecified atom stereocenters. The van der Waals surface area contributed by atoms with Crippen molar-refractivity contribution in [2.24, 2.45) is 0 Å². The molecule has 0 aliphatic carbocycles. The van der Waals surface area contributed by atoms with Gasteiger partial charge in [0, 0.05) is 11.2 Å². The molecule has 1 aliphatic rings. The summed E-state index contributed by atoms with van der Waals surface area (Å²) in [6.45, 7) is 0. The van der Waals surface area contributed by atoms with Crippen LogP contribution in [0, 0.1) is 0 Å². The maximum absolute atomic E-state index is 12.0. The Balaban J connectivity index is 2.09. The van der Waals surface area contributed by atoms with E-state index in [2.05, 4.69) is 10.1 Å². The lowest BCUT2D eigenvalue weighted by molar-refractivity contribution is -0.145. The summed E-state index contributed by atoms with van der Waals surface area (Å²) in [7, 11) is 0. The highest BCUT2D eigenvalue weighted by molar-refractivity contribution is 5.88. The highest BCUT2D eigenvalue weighted by Gasteiger charge is 2.51. The van der Waals surface area contributed by atoms with Crippen molar-refractivity contribution >= 4 is 16.9 Å². The van der Waals surface area contributed by atoms with Crippen molar-refractivity contribution in [1.29, 1.82) is 0 Å². The van der Waals surface area contributed by atoms with Crippen LogP contribution in [0.5, 0.6) is 0 Å². The van der Waals surface area contributed by atoms with Gasteiger partial charge >= 0.3 is 5.97 Å². The van der Waals surface area contributed by atoms with E-state index in [9.17, 15) is 9.90 Å². The molecule has 1 atom stereocenters. The van der Waals surface area contributed by atoms with Crippen molar-refractivity contribution in [2.75, 3.05) is 0 Å². The van der Waals surface area contributed by atoms with Crippen LogP contribution in [0.25, 0.3) is 10.9 Å². The van der Waals surface area contributed by atoms with Crippen LogP contribution in [0.3, 0.4) is 0 Å². The fourth-order valence-corrected chi connectivity index (χ4v) is 3.13. The first-order valence-electron chi connectivity index (χ1n) is 6.33. The number of nitrogens with zero attached hydrogens (tertiary/aromatic N) is 3. The number of aryl methyl sites for hydroxylation is 1. The minimum atomic E-state index is -1.27. The Morgan fingerprint density at radius 1 is 1.40 bits per heavy atom. The molecule has 2 aromatic heterocycles. The molecular formula is C14H11N3O3. The van der Waals surface area contributed by atoms with Crippen LogP contribution in [-0.4, -0.2) is 25.8 Å². The zero-order valence-electron chi connectivity index (χ0n) is 10.5. The van der Waals surface area contributed by atoms with Crippen molar-refractivity contribution in [3.63, 3.8) is 0 Å². The lowest BCUT2D eigenvalue weighted by atomic mass is 9.95. The maximum atomic E-state index is 12.0. The number of aliphatic carboxylic acids is 1. The van der Waals surface area contributed by atoms with Crippen LogP contribution in [0.4, 0.5) is 0 Å². The summed E-state index contributed by atoms with van der Waals surface area (Å²) in [6, 6.07) is 9.76. The van der Waals surface area contributed by atoms with E-state index in [1.165, 1.54) is 6.39 Å². The number of carboxylic acids is 1. The molecule has 0 fully saturated rings. The minimum Gasteiger partial charge on any atom is -0.479 e. The molecular weight excluding hydrogens is 258 g/mol. The van der Waals surface area contributed by atoms with E-state index in [0.29, 0.717) is 12.8 Å². The van der Waals surface area contributed by atoms with Crippen molar-refractivity contribution < 1.29 is 14.4 Å². The predicted octanol–water partition coefficient (Wildman–Crippen LogP) is 1.80. The Bertz CT molecular complexity index is 806. The summed E-state index contributed by atoms with van der Waals surface area (Å²) in [5.74, 6) is -0.760. The first kappa shape index (κ1) is 11.2. The standard InChI is InChI=1S/C14H11N3O3/c18-13(19)14(12-15-8-20-16-12)6-5-10-7-9-3-1-2-4-11(9)17(10)14/h1-4,7-8H,5-6H2,(H,18,19). The summed E-state index contributed by atoms with van der Waals surface area (Å²) in [6.07, 6.45) is 2.28. The van der Waals surface area contributed by atoms with E-state index in [1.807, 2.05) is 34.9 Å². The van der Waals surface area contributed by atoms with Gasteiger partial charge < -0.3 is 14.2 Å². The fraction of sp³-hybridized carbons (Fsp3) is 0.214. The molecule has 0 amide bonds. The van der Waals surface area contributed by atoms with Gasteiger partial charge in [-0.2, -0.15) is 4.98 Å². The van der Waals surface area contributed by atoms with Crippen molar-refractivity contribution in [2.45, 2.75) is 18.4 Å². The minimum absolute atomic E-state index is 0.199. The number of carboxylic acid groups (broad SMARTS) is 1. The van der Waals surface area contributed by atoms with E-state index in [1.54, 1.807) is 0 Å². The number of rotatable bonds is 2. The SMILES string of the molecule is O=C(O)C1(c2ncon2)CCc2cc3ccccc3n21. The smallest absolute Gasteiger partial charge is 0.338 e. The summed E-state index contributed by atoms with van der Waals surface area (Å²) in [5, 5.41) is 14.6. The fourth-order valence-electron chi connectivity index (χ4n) is 3.13. The molecule has 1 aromatic carbocycles. The van der Waals surface area contributed by atoms with Crippen molar-refractivity contribution in [3.8, 4) is 0 Å². The maximum Gasteiger partial charge on any atom is 0.338 e. The Morgan fingerprint density at radius 3 is 3.00 bits per heavy atom. The van der Waals surface area contributed by atoms with E-state index in [-0.39, 0.29) is 5.82 Å². The second-order valence-electron chi connectivity index (χ2n) is 4.95. The number of para-hydroxylation sites is 1. The number of aromatic nitrogens is 3. The zero-order chi connectivity index (χ0) is 13.7. The molecule has 0 bridgehead atoms. The molecule has 0 radical (unpaired) electrons. The molecule has 0 spiro atoms. The van der Waals surface area contributed by atoms with E-state index < -0.39 is 11.5 Å². The molecule has 4 rings (SSSR count). The lowest BCUT2D eigenvalue weighted by Gasteiger charge is -2.24. The molecule has 6 nitrogen and oxygen atoms in total. The summed E-state index contributed by atoms with van der Waals surface area (Å²) in [4.78, 5) is 16.0. The van der Waals surface area contributed by atoms with Gasteiger partial charge in [-0.15, -0.1) is 0 Å². The Labute approximate surface area is 113 Å². The number of benzene rings is 1. The topological polar surface area (TPSA) is 81.2 Å². The summed E-state index contributed by atoms with van der Waals surface area (Å²) >= 11 is 0.